The molecule has 2 aromatic heterocycles. The number of pyridine rings is 2. The van der Waals surface area contributed by atoms with Crippen LogP contribution < -0.4 is 10.6 Å². The fraction of sp³-hybridized carbons (Fsp3) is 0.176. The molecule has 0 unspecified atom stereocenters. The Morgan fingerprint density at radius 1 is 0.952 bits per heavy atom. The molecule has 0 saturated carbocycles. The van der Waals surface area contributed by atoms with Gasteiger partial charge in [0.05, 0.1) is 5.52 Å². The molecule has 21 heavy (non-hydrogen) atoms. The number of fused-ring (bicyclic) bond motifs is 1. The van der Waals surface area contributed by atoms with Gasteiger partial charge in [0.2, 0.25) is 0 Å². The maximum atomic E-state index is 4.48. The number of hydrogen-bond acceptors (Lipinski definition) is 4. The Balaban J connectivity index is 1.69. The van der Waals surface area contributed by atoms with Crippen LogP contribution in [0.1, 0.15) is 5.56 Å². The van der Waals surface area contributed by atoms with E-state index in [-0.39, 0.29) is 0 Å². The van der Waals surface area contributed by atoms with Gasteiger partial charge in [0.1, 0.15) is 11.6 Å². The summed E-state index contributed by atoms with van der Waals surface area (Å²) in [5.41, 5.74) is 2.34. The second-order valence-corrected chi connectivity index (χ2v) is 4.83. The first-order valence-corrected chi connectivity index (χ1v) is 7.08. The monoisotopic (exact) mass is 278 g/mol. The van der Waals surface area contributed by atoms with E-state index >= 15 is 0 Å². The fourth-order valence-corrected chi connectivity index (χ4v) is 2.37. The summed E-state index contributed by atoms with van der Waals surface area (Å²) >= 11 is 0. The van der Waals surface area contributed by atoms with Gasteiger partial charge in [-0.3, -0.25) is 4.98 Å². The molecule has 4 heteroatoms. The highest BCUT2D eigenvalue weighted by Crippen LogP contribution is 2.16. The molecule has 0 bridgehead atoms. The van der Waals surface area contributed by atoms with Crippen LogP contribution in [-0.4, -0.2) is 23.6 Å². The Bertz CT molecular complexity index is 734. The molecule has 3 rings (SSSR count). The third kappa shape index (κ3) is 3.11. The minimum Gasteiger partial charge on any atom is -0.373 e. The Labute approximate surface area is 124 Å². The van der Waals surface area contributed by atoms with Crippen molar-refractivity contribution in [2.75, 3.05) is 24.2 Å². The Morgan fingerprint density at radius 3 is 2.67 bits per heavy atom. The minimum atomic E-state index is 0.829. The predicted molar refractivity (Wildman–Crippen MR) is 87.7 cm³/mol. The second-order valence-electron chi connectivity index (χ2n) is 4.83. The van der Waals surface area contributed by atoms with Crippen molar-refractivity contribution in [3.05, 3.63) is 60.3 Å². The summed E-state index contributed by atoms with van der Waals surface area (Å²) in [5.74, 6) is 1.75. The number of nitrogens with zero attached hydrogens (tertiary/aromatic N) is 2. The molecule has 3 aromatic rings. The van der Waals surface area contributed by atoms with Gasteiger partial charge in [-0.1, -0.05) is 30.3 Å². The number of benzene rings is 1. The molecule has 1 aromatic carbocycles. The molecule has 4 nitrogen and oxygen atoms in total. The fourth-order valence-electron chi connectivity index (χ4n) is 2.37. The molecule has 106 valence electrons. The highest BCUT2D eigenvalue weighted by atomic mass is 15.0. The normalized spacial score (nSPS) is 10.5. The summed E-state index contributed by atoms with van der Waals surface area (Å²) in [4.78, 5) is 8.93. The standard InChI is InChI=1S/C17H18N4/c1-18-15-8-3-9-16(21-15)19-12-10-14-6-2-5-13-7-4-11-20-17(13)14/h2-9,11H,10,12H2,1H3,(H2,18,19,21). The highest BCUT2D eigenvalue weighted by molar-refractivity contribution is 5.81. The van der Waals surface area contributed by atoms with E-state index in [0.29, 0.717) is 0 Å². The second kappa shape index (κ2) is 6.22. The van der Waals surface area contributed by atoms with Gasteiger partial charge in [-0.25, -0.2) is 4.98 Å². The van der Waals surface area contributed by atoms with Crippen LogP contribution in [0, 0.1) is 0 Å². The van der Waals surface area contributed by atoms with Crippen molar-refractivity contribution in [3.63, 3.8) is 0 Å². The molecule has 0 spiro atoms. The van der Waals surface area contributed by atoms with Gasteiger partial charge in [0.15, 0.2) is 0 Å². The van der Waals surface area contributed by atoms with Gasteiger partial charge in [0, 0.05) is 25.2 Å². The largest absolute Gasteiger partial charge is 0.373 e. The summed E-state index contributed by atoms with van der Waals surface area (Å²) in [5, 5.41) is 7.58. The summed E-state index contributed by atoms with van der Waals surface area (Å²) in [7, 11) is 1.87. The lowest BCUT2D eigenvalue weighted by molar-refractivity contribution is 1.01. The topological polar surface area (TPSA) is 49.8 Å². The van der Waals surface area contributed by atoms with Crippen LogP contribution in [0.25, 0.3) is 10.9 Å². The van der Waals surface area contributed by atoms with E-state index in [9.17, 15) is 0 Å². The zero-order valence-electron chi connectivity index (χ0n) is 12.0. The van der Waals surface area contributed by atoms with Gasteiger partial charge in [-0.15, -0.1) is 0 Å². The quantitative estimate of drug-likeness (QED) is 0.751. The van der Waals surface area contributed by atoms with E-state index in [1.807, 2.05) is 37.5 Å². The number of hydrogen-bond donors (Lipinski definition) is 2. The van der Waals surface area contributed by atoms with Crippen molar-refractivity contribution in [1.82, 2.24) is 9.97 Å². The minimum absolute atomic E-state index is 0.829. The molecular weight excluding hydrogens is 260 g/mol. The average Bonchev–Trinajstić information content (AvgIpc) is 2.55. The van der Waals surface area contributed by atoms with Gasteiger partial charge in [-0.2, -0.15) is 0 Å². The van der Waals surface area contributed by atoms with Crippen molar-refractivity contribution in [2.24, 2.45) is 0 Å². The first-order chi connectivity index (χ1) is 10.4. The van der Waals surface area contributed by atoms with Crippen LogP contribution in [0.15, 0.2) is 54.7 Å². The SMILES string of the molecule is CNc1cccc(NCCc2cccc3cccnc23)n1. The van der Waals surface area contributed by atoms with Gasteiger partial charge in [-0.05, 0) is 30.2 Å². The van der Waals surface area contributed by atoms with Crippen LogP contribution in [0.4, 0.5) is 11.6 Å². The average molecular weight is 278 g/mol. The zero-order chi connectivity index (χ0) is 14.5. The van der Waals surface area contributed by atoms with Crippen molar-refractivity contribution >= 4 is 22.5 Å². The molecule has 0 atom stereocenters. The highest BCUT2D eigenvalue weighted by Gasteiger charge is 2.02. The van der Waals surface area contributed by atoms with Crippen LogP contribution in [0.2, 0.25) is 0 Å². The van der Waals surface area contributed by atoms with Crippen LogP contribution in [-0.2, 0) is 6.42 Å². The van der Waals surface area contributed by atoms with Crippen molar-refractivity contribution in [2.45, 2.75) is 6.42 Å². The van der Waals surface area contributed by atoms with E-state index in [1.165, 1.54) is 10.9 Å². The number of nitrogens with one attached hydrogen (secondary N) is 2. The molecule has 0 amide bonds. The zero-order valence-corrected chi connectivity index (χ0v) is 12.0. The van der Waals surface area contributed by atoms with E-state index in [1.54, 1.807) is 0 Å². The molecule has 0 radical (unpaired) electrons. The maximum Gasteiger partial charge on any atom is 0.128 e. The summed E-state index contributed by atoms with van der Waals surface area (Å²) < 4.78 is 0. The molecule has 0 aliphatic rings. The Kier molecular flexibility index (Phi) is 3.96. The van der Waals surface area contributed by atoms with Crippen LogP contribution in [0.3, 0.4) is 0 Å². The van der Waals surface area contributed by atoms with Crippen LogP contribution >= 0.6 is 0 Å². The van der Waals surface area contributed by atoms with E-state index in [0.717, 1.165) is 30.1 Å². The van der Waals surface area contributed by atoms with E-state index < -0.39 is 0 Å². The lowest BCUT2D eigenvalue weighted by atomic mass is 10.1. The molecule has 2 N–H and O–H groups in total. The van der Waals surface area contributed by atoms with Crippen LogP contribution in [0.5, 0.6) is 0 Å². The first-order valence-electron chi connectivity index (χ1n) is 7.08. The number of rotatable bonds is 5. The van der Waals surface area contributed by atoms with Gasteiger partial charge in [0.25, 0.3) is 0 Å². The van der Waals surface area contributed by atoms with Gasteiger partial charge < -0.3 is 10.6 Å². The summed E-state index contributed by atoms with van der Waals surface area (Å²) in [6, 6.07) is 16.3. The molecule has 0 aliphatic carbocycles. The lowest BCUT2D eigenvalue weighted by Crippen LogP contribution is -2.07. The maximum absolute atomic E-state index is 4.48. The third-order valence-corrected chi connectivity index (χ3v) is 3.42. The molecule has 0 aliphatic heterocycles. The van der Waals surface area contributed by atoms with Crippen molar-refractivity contribution in [1.29, 1.82) is 0 Å². The van der Waals surface area contributed by atoms with E-state index in [2.05, 4.69) is 44.9 Å². The third-order valence-electron chi connectivity index (χ3n) is 3.42. The van der Waals surface area contributed by atoms with Gasteiger partial charge >= 0.3 is 0 Å². The summed E-state index contributed by atoms with van der Waals surface area (Å²) in [6.45, 7) is 0.829. The smallest absolute Gasteiger partial charge is 0.128 e. The first kappa shape index (κ1) is 13.4. The molecule has 2 heterocycles. The number of aromatic nitrogens is 2. The Hall–Kier alpha value is -2.62. The lowest BCUT2D eigenvalue weighted by Gasteiger charge is -2.08. The molecular formula is C17H18N4. The summed E-state index contributed by atoms with van der Waals surface area (Å²) in [6.07, 6.45) is 2.76. The van der Waals surface area contributed by atoms with Crippen molar-refractivity contribution in [3.8, 4) is 0 Å². The molecule has 0 fully saturated rings. The van der Waals surface area contributed by atoms with Crippen molar-refractivity contribution < 1.29 is 0 Å². The Morgan fingerprint density at radius 2 is 1.76 bits per heavy atom. The predicted octanol–water partition coefficient (Wildman–Crippen LogP) is 3.33. The number of anilines is 2. The van der Waals surface area contributed by atoms with E-state index in [4.69, 9.17) is 0 Å². The number of para-hydroxylation sites is 1. The molecule has 0 saturated heterocycles.